The van der Waals surface area contributed by atoms with Gasteiger partial charge in [-0.15, -0.1) is 0 Å². The normalized spacial score (nSPS) is 10.5. The molecule has 0 aliphatic carbocycles. The van der Waals surface area contributed by atoms with E-state index in [1.54, 1.807) is 24.3 Å². The number of benzene rings is 2. The first kappa shape index (κ1) is 15.7. The fourth-order valence-electron chi connectivity index (χ4n) is 2.10. The summed E-state index contributed by atoms with van der Waals surface area (Å²) < 4.78 is 28.4. The average Bonchev–Trinajstić information content (AvgIpc) is 2.60. The molecule has 0 radical (unpaired) electrons. The van der Waals surface area contributed by atoms with Crippen molar-refractivity contribution in [2.45, 2.75) is 0 Å². The number of fused-ring (bicyclic) bond motifs is 1. The number of para-hydroxylation sites is 1. The summed E-state index contributed by atoms with van der Waals surface area (Å²) >= 11 is 0. The summed E-state index contributed by atoms with van der Waals surface area (Å²) in [6.07, 6.45) is 0. The van der Waals surface area contributed by atoms with Gasteiger partial charge >= 0.3 is 5.97 Å². The minimum Gasteiger partial charge on any atom is -0.490 e. The molecule has 0 aliphatic rings. The topological polar surface area (TPSA) is 65.7 Å². The molecule has 0 fully saturated rings. The summed E-state index contributed by atoms with van der Waals surface area (Å²) in [5.41, 5.74) is 0.00544. The Kier molecular flexibility index (Phi) is 4.56. The van der Waals surface area contributed by atoms with Gasteiger partial charge in [0.1, 0.15) is 30.4 Å². The number of ether oxygens (including phenoxy) is 2. The summed E-state index contributed by atoms with van der Waals surface area (Å²) in [5, 5.41) is 0.397. The van der Waals surface area contributed by atoms with E-state index in [0.29, 0.717) is 16.7 Å². The lowest BCUT2D eigenvalue weighted by molar-refractivity contribution is 0.0415. The van der Waals surface area contributed by atoms with Crippen LogP contribution < -0.4 is 10.2 Å². The molecular formula is C18H13FO5. The van der Waals surface area contributed by atoms with Crippen LogP contribution in [0.4, 0.5) is 4.39 Å². The first-order valence-electron chi connectivity index (χ1n) is 7.22. The smallest absolute Gasteiger partial charge is 0.374 e. The van der Waals surface area contributed by atoms with E-state index in [-0.39, 0.29) is 30.2 Å². The third-order valence-corrected chi connectivity index (χ3v) is 3.23. The van der Waals surface area contributed by atoms with Crippen LogP contribution in [0.15, 0.2) is 63.8 Å². The van der Waals surface area contributed by atoms with Crippen molar-refractivity contribution in [3.63, 3.8) is 0 Å². The summed E-state index contributed by atoms with van der Waals surface area (Å²) in [6, 6.07) is 13.2. The van der Waals surface area contributed by atoms with E-state index in [2.05, 4.69) is 0 Å². The largest absolute Gasteiger partial charge is 0.490 e. The van der Waals surface area contributed by atoms with Gasteiger partial charge in [0, 0.05) is 6.07 Å². The van der Waals surface area contributed by atoms with Crippen molar-refractivity contribution in [3.8, 4) is 5.75 Å². The molecule has 6 heteroatoms. The molecule has 0 spiro atoms. The number of hydrogen-bond acceptors (Lipinski definition) is 5. The second-order valence-corrected chi connectivity index (χ2v) is 4.91. The Labute approximate surface area is 136 Å². The third-order valence-electron chi connectivity index (χ3n) is 3.23. The number of carbonyl (C=O) groups is 1. The number of hydrogen-bond donors (Lipinski definition) is 0. The van der Waals surface area contributed by atoms with E-state index in [1.165, 1.54) is 24.3 Å². The Balaban J connectivity index is 1.59. The van der Waals surface area contributed by atoms with Crippen LogP contribution >= 0.6 is 0 Å². The van der Waals surface area contributed by atoms with E-state index in [9.17, 15) is 14.0 Å². The Hall–Kier alpha value is -3.15. The van der Waals surface area contributed by atoms with Crippen molar-refractivity contribution in [1.82, 2.24) is 0 Å². The summed E-state index contributed by atoms with van der Waals surface area (Å²) in [7, 11) is 0. The second kappa shape index (κ2) is 6.95. The Bertz CT molecular complexity index is 915. The van der Waals surface area contributed by atoms with Crippen LogP contribution in [0.3, 0.4) is 0 Å². The van der Waals surface area contributed by atoms with Crippen molar-refractivity contribution in [3.05, 3.63) is 76.4 Å². The zero-order valence-electron chi connectivity index (χ0n) is 12.5. The van der Waals surface area contributed by atoms with Crippen molar-refractivity contribution in [2.24, 2.45) is 0 Å². The van der Waals surface area contributed by atoms with Gasteiger partial charge in [0.05, 0.1) is 5.39 Å². The average molecular weight is 328 g/mol. The molecule has 2 aromatic carbocycles. The van der Waals surface area contributed by atoms with E-state index in [0.717, 1.165) is 6.07 Å². The van der Waals surface area contributed by atoms with Gasteiger partial charge in [-0.1, -0.05) is 12.1 Å². The molecule has 0 aliphatic heterocycles. The van der Waals surface area contributed by atoms with Crippen molar-refractivity contribution >= 4 is 16.9 Å². The molecule has 122 valence electrons. The van der Waals surface area contributed by atoms with E-state index < -0.39 is 5.97 Å². The van der Waals surface area contributed by atoms with Crippen LogP contribution in [-0.2, 0) is 4.74 Å². The highest BCUT2D eigenvalue weighted by molar-refractivity contribution is 5.88. The standard InChI is InChI=1S/C18H13FO5/c19-12-5-7-13(8-6-12)22-9-10-23-18(21)17-11-15(20)14-3-1-2-4-16(14)24-17/h1-8,11H,9-10H2. The highest BCUT2D eigenvalue weighted by Gasteiger charge is 2.13. The van der Waals surface area contributed by atoms with E-state index in [4.69, 9.17) is 13.9 Å². The maximum atomic E-state index is 12.8. The first-order valence-corrected chi connectivity index (χ1v) is 7.22. The van der Waals surface area contributed by atoms with Crippen LogP contribution in [0.1, 0.15) is 10.6 Å². The monoisotopic (exact) mass is 328 g/mol. The van der Waals surface area contributed by atoms with Gasteiger partial charge in [-0.25, -0.2) is 9.18 Å². The molecule has 0 unspecified atom stereocenters. The molecule has 0 amide bonds. The molecule has 24 heavy (non-hydrogen) atoms. The summed E-state index contributed by atoms with van der Waals surface area (Å²) in [4.78, 5) is 23.9. The van der Waals surface area contributed by atoms with Crippen LogP contribution in [0, 0.1) is 5.82 Å². The molecule has 1 aromatic heterocycles. The zero-order valence-corrected chi connectivity index (χ0v) is 12.5. The lowest BCUT2D eigenvalue weighted by atomic mass is 10.2. The minimum atomic E-state index is -0.749. The predicted octanol–water partition coefficient (Wildman–Crippen LogP) is 3.17. The van der Waals surface area contributed by atoms with Gasteiger partial charge in [-0.3, -0.25) is 4.79 Å². The molecule has 1 heterocycles. The molecule has 3 rings (SSSR count). The summed E-state index contributed by atoms with van der Waals surface area (Å²) in [5.74, 6) is -0.814. The molecule has 5 nitrogen and oxygen atoms in total. The SMILES string of the molecule is O=C(OCCOc1ccc(F)cc1)c1cc(=O)c2ccccc2o1. The van der Waals surface area contributed by atoms with Gasteiger partial charge in [0.15, 0.2) is 5.43 Å². The zero-order chi connectivity index (χ0) is 16.9. The maximum absolute atomic E-state index is 12.8. The van der Waals surface area contributed by atoms with Gasteiger partial charge in [-0.2, -0.15) is 0 Å². The summed E-state index contributed by atoms with van der Waals surface area (Å²) in [6.45, 7) is 0.0575. The molecule has 0 atom stereocenters. The molecule has 0 saturated carbocycles. The van der Waals surface area contributed by atoms with Crippen molar-refractivity contribution in [2.75, 3.05) is 13.2 Å². The number of carbonyl (C=O) groups excluding carboxylic acids is 1. The van der Waals surface area contributed by atoms with Crippen LogP contribution in [0.5, 0.6) is 5.75 Å². The Morgan fingerprint density at radius 1 is 1.04 bits per heavy atom. The number of esters is 1. The highest BCUT2D eigenvalue weighted by atomic mass is 19.1. The highest BCUT2D eigenvalue weighted by Crippen LogP contribution is 2.13. The first-order chi connectivity index (χ1) is 11.6. The maximum Gasteiger partial charge on any atom is 0.374 e. The lowest BCUT2D eigenvalue weighted by Gasteiger charge is -2.07. The van der Waals surface area contributed by atoms with Crippen LogP contribution in [0.25, 0.3) is 11.0 Å². The fourth-order valence-corrected chi connectivity index (χ4v) is 2.10. The molecule has 0 saturated heterocycles. The molecule has 3 aromatic rings. The minimum absolute atomic E-state index is 0.0350. The Morgan fingerprint density at radius 2 is 1.79 bits per heavy atom. The third kappa shape index (κ3) is 3.60. The van der Waals surface area contributed by atoms with Crippen molar-refractivity contribution < 1.29 is 23.1 Å². The quantitative estimate of drug-likeness (QED) is 0.532. The van der Waals surface area contributed by atoms with Gasteiger partial charge in [0.25, 0.3) is 0 Å². The Morgan fingerprint density at radius 3 is 2.58 bits per heavy atom. The predicted molar refractivity (Wildman–Crippen MR) is 84.7 cm³/mol. The van der Waals surface area contributed by atoms with Gasteiger partial charge in [-0.05, 0) is 36.4 Å². The molecular weight excluding hydrogens is 315 g/mol. The lowest BCUT2D eigenvalue weighted by Crippen LogP contribution is -2.14. The number of rotatable bonds is 5. The van der Waals surface area contributed by atoms with Gasteiger partial charge in [0.2, 0.25) is 5.76 Å². The van der Waals surface area contributed by atoms with E-state index in [1.807, 2.05) is 0 Å². The molecule has 0 bridgehead atoms. The van der Waals surface area contributed by atoms with Crippen molar-refractivity contribution in [1.29, 1.82) is 0 Å². The van der Waals surface area contributed by atoms with Crippen LogP contribution in [0.2, 0.25) is 0 Å². The number of halogens is 1. The fraction of sp³-hybridized carbons (Fsp3) is 0.111. The second-order valence-electron chi connectivity index (χ2n) is 4.91. The van der Waals surface area contributed by atoms with E-state index >= 15 is 0 Å². The van der Waals surface area contributed by atoms with Crippen LogP contribution in [-0.4, -0.2) is 19.2 Å². The van der Waals surface area contributed by atoms with Gasteiger partial charge < -0.3 is 13.9 Å². The molecule has 0 N–H and O–H groups in total.